The van der Waals surface area contributed by atoms with E-state index in [1.54, 1.807) is 11.1 Å². The van der Waals surface area contributed by atoms with E-state index in [-0.39, 0.29) is 13.3 Å². The molecule has 2 saturated heterocycles. The van der Waals surface area contributed by atoms with E-state index < -0.39 is 0 Å². The Balaban J connectivity index is 1.80. The minimum absolute atomic E-state index is 0.108. The van der Waals surface area contributed by atoms with Gasteiger partial charge in [0.05, 0.1) is 0 Å². The molecule has 2 nitrogen and oxygen atoms in total. The van der Waals surface area contributed by atoms with Gasteiger partial charge in [0.2, 0.25) is 0 Å². The van der Waals surface area contributed by atoms with Crippen LogP contribution in [0, 0.1) is 0 Å². The van der Waals surface area contributed by atoms with Gasteiger partial charge in [-0.25, -0.2) is 0 Å². The topological polar surface area (TPSA) is 24.1 Å². The summed E-state index contributed by atoms with van der Waals surface area (Å²) in [6.45, 7) is 9.62. The molecular weight excluding hydrogens is 426 g/mol. The van der Waals surface area contributed by atoms with Crippen LogP contribution in [-0.4, -0.2) is 24.7 Å². The van der Waals surface area contributed by atoms with Gasteiger partial charge < -0.3 is 10.6 Å². The van der Waals surface area contributed by atoms with Gasteiger partial charge >= 0.3 is 0 Å². The molecule has 0 radical (unpaired) electrons. The molecule has 2 aliphatic rings. The molecule has 4 rings (SSSR count). The van der Waals surface area contributed by atoms with Crippen LogP contribution in [0.1, 0.15) is 76.0 Å². The van der Waals surface area contributed by atoms with Gasteiger partial charge in [0.1, 0.15) is 0 Å². The molecule has 2 aliphatic heterocycles. The largest absolute Gasteiger partial charge is 0.310 e. The Hall–Kier alpha value is -0.780. The Labute approximate surface area is 199 Å². The fourth-order valence-electron chi connectivity index (χ4n) is 5.63. The zero-order valence-electron chi connectivity index (χ0n) is 20.3. The lowest BCUT2D eigenvalue weighted by atomic mass is 9.78. The van der Waals surface area contributed by atoms with E-state index >= 15 is 0 Å². The van der Waals surface area contributed by atoms with Gasteiger partial charge in [-0.1, -0.05) is 84.0 Å². The van der Waals surface area contributed by atoms with Crippen LogP contribution in [0.2, 0.25) is 0 Å². The van der Waals surface area contributed by atoms with Crippen LogP contribution in [0.15, 0.2) is 42.5 Å². The summed E-state index contributed by atoms with van der Waals surface area (Å²) in [5.74, 6) is 1.39. The Morgan fingerprint density at radius 3 is 2.00 bits per heavy atom. The van der Waals surface area contributed by atoms with E-state index in [4.69, 9.17) is 0 Å². The first kappa shape index (κ1) is 24.3. The van der Waals surface area contributed by atoms with Crippen molar-refractivity contribution in [1.29, 1.82) is 0 Å². The number of rotatable bonds is 6. The summed E-state index contributed by atoms with van der Waals surface area (Å²) >= 11 is 0. The van der Waals surface area contributed by atoms with Crippen molar-refractivity contribution in [1.82, 2.24) is 10.6 Å². The molecule has 0 saturated carbocycles. The molecule has 4 heteroatoms. The second-order valence-electron chi connectivity index (χ2n) is 10.5. The summed E-state index contributed by atoms with van der Waals surface area (Å²) < 4.78 is 0. The van der Waals surface area contributed by atoms with Crippen LogP contribution in [0.3, 0.4) is 0 Å². The molecular formula is C28H42N2P2. The monoisotopic (exact) mass is 468 g/mol. The van der Waals surface area contributed by atoms with Gasteiger partial charge in [-0.3, -0.25) is 0 Å². The highest BCUT2D eigenvalue weighted by molar-refractivity contribution is 7.58. The van der Waals surface area contributed by atoms with Crippen LogP contribution in [-0.2, 0) is 17.7 Å². The summed E-state index contributed by atoms with van der Waals surface area (Å²) in [6.07, 6.45) is 10.4. The minimum Gasteiger partial charge on any atom is -0.310 e. The second-order valence-corrected chi connectivity index (χ2v) is 13.5. The van der Waals surface area contributed by atoms with E-state index in [2.05, 4.69) is 83.1 Å². The maximum atomic E-state index is 3.96. The maximum absolute atomic E-state index is 3.96. The molecule has 174 valence electrons. The molecule has 3 atom stereocenters. The first-order chi connectivity index (χ1) is 15.5. The van der Waals surface area contributed by atoms with Crippen molar-refractivity contribution in [3.63, 3.8) is 0 Å². The van der Waals surface area contributed by atoms with Crippen LogP contribution in [0.5, 0.6) is 0 Å². The van der Waals surface area contributed by atoms with Gasteiger partial charge in [-0.05, 0) is 84.3 Å². The predicted molar refractivity (Wildman–Crippen MR) is 146 cm³/mol. The maximum Gasteiger partial charge on any atom is 0.0286 e. The molecule has 0 aliphatic carbocycles. The zero-order chi connectivity index (χ0) is 22.6. The highest BCUT2D eigenvalue weighted by atomic mass is 31.1. The van der Waals surface area contributed by atoms with Crippen molar-refractivity contribution in [2.45, 2.75) is 88.6 Å². The lowest BCUT2D eigenvalue weighted by molar-refractivity contribution is 0.455. The molecule has 0 amide bonds. The Morgan fingerprint density at radius 2 is 1.50 bits per heavy atom. The normalized spacial score (nSPS) is 23.1. The van der Waals surface area contributed by atoms with Gasteiger partial charge in [0, 0.05) is 11.6 Å². The molecule has 0 bridgehead atoms. The Kier molecular flexibility index (Phi) is 8.44. The average Bonchev–Trinajstić information content (AvgIpc) is 2.83. The summed E-state index contributed by atoms with van der Waals surface area (Å²) in [4.78, 5) is 0. The van der Waals surface area contributed by atoms with Crippen LogP contribution in [0.4, 0.5) is 0 Å². The molecule has 2 heterocycles. The highest BCUT2D eigenvalue weighted by Crippen LogP contribution is 2.54. The molecule has 0 spiro atoms. The van der Waals surface area contributed by atoms with E-state index in [0.717, 1.165) is 6.16 Å². The van der Waals surface area contributed by atoms with Gasteiger partial charge in [-0.15, -0.1) is 9.24 Å². The molecule has 2 N–H and O–H groups in total. The Bertz CT molecular complexity index is 845. The molecule has 32 heavy (non-hydrogen) atoms. The molecule has 2 aromatic rings. The lowest BCUT2D eigenvalue weighted by Gasteiger charge is -2.41. The fourth-order valence-corrected chi connectivity index (χ4v) is 9.37. The number of nitrogens with one attached hydrogen (secondary N) is 2. The van der Waals surface area contributed by atoms with Crippen LogP contribution < -0.4 is 10.6 Å². The van der Waals surface area contributed by atoms with E-state index in [9.17, 15) is 0 Å². The van der Waals surface area contributed by atoms with Crippen molar-refractivity contribution >= 4 is 17.2 Å². The van der Waals surface area contributed by atoms with Gasteiger partial charge in [0.15, 0.2) is 0 Å². The fraction of sp³-hybridized carbons (Fsp3) is 0.571. The molecule has 3 unspecified atom stereocenters. The minimum atomic E-state index is -0.171. The third-order valence-corrected chi connectivity index (χ3v) is 10.8. The summed E-state index contributed by atoms with van der Waals surface area (Å²) in [6, 6.07) is 15.8. The van der Waals surface area contributed by atoms with E-state index in [1.165, 1.54) is 74.5 Å². The first-order valence-corrected chi connectivity index (χ1v) is 15.1. The first-order valence-electron chi connectivity index (χ1n) is 12.6. The summed E-state index contributed by atoms with van der Waals surface area (Å²) in [5, 5.41) is 7.92. The van der Waals surface area contributed by atoms with E-state index in [0.29, 0.717) is 11.6 Å². The smallest absolute Gasteiger partial charge is 0.0286 e. The van der Waals surface area contributed by atoms with Crippen LogP contribution in [0.25, 0.3) is 11.1 Å². The molecule has 2 fully saturated rings. The second kappa shape index (κ2) is 11.1. The van der Waals surface area contributed by atoms with Crippen molar-refractivity contribution < 1.29 is 0 Å². The standard InChI is InChI=1S/C28H42N2P2/c1-28(2,3)27-23(21-11-5-4-6-12-21)16-15-22(19-31)24(27)20-32(25-13-7-9-17-29-25)26-14-8-10-18-30-26/h4-6,11-12,15-16,25-26,29-30H,7-10,13-14,17-20,31H2,1-3H3. The predicted octanol–water partition coefficient (Wildman–Crippen LogP) is 7.21. The summed E-state index contributed by atoms with van der Waals surface area (Å²) in [7, 11) is 2.84. The van der Waals surface area contributed by atoms with Crippen molar-refractivity contribution in [2.75, 3.05) is 13.1 Å². The van der Waals surface area contributed by atoms with Gasteiger partial charge in [0.25, 0.3) is 0 Å². The van der Waals surface area contributed by atoms with Crippen molar-refractivity contribution in [2.24, 2.45) is 0 Å². The lowest BCUT2D eigenvalue weighted by Crippen LogP contribution is -2.41. The van der Waals surface area contributed by atoms with Crippen LogP contribution >= 0.6 is 17.2 Å². The third kappa shape index (κ3) is 5.64. The quantitative estimate of drug-likeness (QED) is 0.438. The summed E-state index contributed by atoms with van der Waals surface area (Å²) in [5.41, 5.74) is 7.63. The number of hydrogen-bond donors (Lipinski definition) is 2. The molecule has 2 aromatic carbocycles. The average molecular weight is 469 g/mol. The van der Waals surface area contributed by atoms with Crippen molar-refractivity contribution in [3.8, 4) is 11.1 Å². The zero-order valence-corrected chi connectivity index (χ0v) is 22.3. The highest BCUT2D eigenvalue weighted by Gasteiger charge is 2.34. The van der Waals surface area contributed by atoms with E-state index in [1.807, 2.05) is 0 Å². The number of benzene rings is 2. The Morgan fingerprint density at radius 1 is 0.875 bits per heavy atom. The SMILES string of the molecule is CC(C)(C)c1c(-c2ccccc2)ccc(CP)c1CP(C1CCCCN1)C1CCCCN1. The molecule has 0 aromatic heterocycles. The number of hydrogen-bond acceptors (Lipinski definition) is 2. The third-order valence-electron chi connectivity index (χ3n) is 7.17. The number of piperidine rings is 2. The van der Waals surface area contributed by atoms with Gasteiger partial charge in [-0.2, -0.15) is 0 Å². The van der Waals surface area contributed by atoms with Crippen molar-refractivity contribution in [3.05, 3.63) is 59.2 Å².